The van der Waals surface area contributed by atoms with Crippen LogP contribution in [0, 0.1) is 0 Å². The van der Waals surface area contributed by atoms with E-state index in [0.29, 0.717) is 11.0 Å². The van der Waals surface area contributed by atoms with Gasteiger partial charge in [0.25, 0.3) is 0 Å². The van der Waals surface area contributed by atoms with Crippen LogP contribution in [0.15, 0.2) is 35.4 Å². The number of hydrogen-bond acceptors (Lipinski definition) is 5. The number of anilines is 2. The van der Waals surface area contributed by atoms with Gasteiger partial charge in [-0.3, -0.25) is 0 Å². The molecule has 0 unspecified atom stereocenters. The first kappa shape index (κ1) is 14.1. The predicted octanol–water partition coefficient (Wildman–Crippen LogP) is 1.63. The molecule has 3 aromatic rings. The number of aromatic nitrogens is 4. The lowest BCUT2D eigenvalue weighted by molar-refractivity contribution is 0.641. The highest BCUT2D eigenvalue weighted by atomic mass is 35.5. The summed E-state index contributed by atoms with van der Waals surface area (Å²) in [4.78, 5) is 30.1. The molecule has 1 saturated heterocycles. The Labute approximate surface area is 136 Å². The zero-order valence-electron chi connectivity index (χ0n) is 12.3. The number of rotatable bonds is 2. The fourth-order valence-corrected chi connectivity index (χ4v) is 3.02. The van der Waals surface area contributed by atoms with E-state index in [-0.39, 0.29) is 5.69 Å². The van der Waals surface area contributed by atoms with Crippen LogP contribution < -0.4 is 15.5 Å². The summed E-state index contributed by atoms with van der Waals surface area (Å²) in [5.74, 6) is 0.697. The quantitative estimate of drug-likeness (QED) is 0.746. The monoisotopic (exact) mass is 330 g/mol. The van der Waals surface area contributed by atoms with Gasteiger partial charge in [0, 0.05) is 26.2 Å². The number of hydrogen-bond donors (Lipinski definition) is 2. The Hall–Kier alpha value is -2.54. The van der Waals surface area contributed by atoms with Crippen molar-refractivity contribution in [2.45, 2.75) is 0 Å². The molecular formula is C15H15ClN6O. The Bertz CT molecular complexity index is 879. The Balaban J connectivity index is 1.54. The van der Waals surface area contributed by atoms with Crippen molar-refractivity contribution in [2.75, 3.05) is 36.0 Å². The number of H-pyrrole nitrogens is 2. The first-order valence-electron chi connectivity index (χ1n) is 7.39. The molecule has 2 aromatic heterocycles. The molecule has 0 radical (unpaired) electrons. The van der Waals surface area contributed by atoms with Gasteiger partial charge in [-0.05, 0) is 12.1 Å². The summed E-state index contributed by atoms with van der Waals surface area (Å²) in [6.45, 7) is 3.29. The Morgan fingerprint density at radius 1 is 1.00 bits per heavy atom. The van der Waals surface area contributed by atoms with Crippen LogP contribution in [0.5, 0.6) is 0 Å². The van der Waals surface area contributed by atoms with E-state index in [4.69, 9.17) is 11.6 Å². The molecule has 0 spiro atoms. The topological polar surface area (TPSA) is 80.9 Å². The van der Waals surface area contributed by atoms with E-state index in [2.05, 4.69) is 29.7 Å². The molecular weight excluding hydrogens is 316 g/mol. The summed E-state index contributed by atoms with van der Waals surface area (Å²) in [7, 11) is 0. The summed E-state index contributed by atoms with van der Waals surface area (Å²) < 4.78 is 0. The number of nitrogens with zero attached hydrogens (tertiary/aromatic N) is 4. The molecule has 4 rings (SSSR count). The molecule has 8 heteroatoms. The maximum Gasteiger partial charge on any atom is 0.323 e. The first-order chi connectivity index (χ1) is 11.2. The second kappa shape index (κ2) is 5.58. The van der Waals surface area contributed by atoms with Gasteiger partial charge in [0.15, 0.2) is 0 Å². The van der Waals surface area contributed by atoms with Crippen LogP contribution in [0.4, 0.5) is 11.6 Å². The van der Waals surface area contributed by atoms with Crippen LogP contribution in [0.2, 0.25) is 5.02 Å². The maximum atomic E-state index is 11.5. The molecule has 1 aromatic carbocycles. The summed E-state index contributed by atoms with van der Waals surface area (Å²) in [5, 5.41) is 0.537. The van der Waals surface area contributed by atoms with Crippen LogP contribution in [0.3, 0.4) is 0 Å². The molecule has 23 heavy (non-hydrogen) atoms. The second-order valence-electron chi connectivity index (χ2n) is 5.45. The van der Waals surface area contributed by atoms with Gasteiger partial charge in [-0.2, -0.15) is 0 Å². The molecule has 1 fully saturated rings. The summed E-state index contributed by atoms with van der Waals surface area (Å²) >= 11 is 5.83. The maximum absolute atomic E-state index is 11.5. The van der Waals surface area contributed by atoms with Gasteiger partial charge in [0.1, 0.15) is 0 Å². The first-order valence-corrected chi connectivity index (χ1v) is 7.77. The molecule has 0 amide bonds. The smallest absolute Gasteiger partial charge is 0.323 e. The van der Waals surface area contributed by atoms with Crippen LogP contribution >= 0.6 is 11.6 Å². The molecule has 1 aliphatic heterocycles. The second-order valence-corrected chi connectivity index (χ2v) is 5.89. The van der Waals surface area contributed by atoms with Crippen LogP contribution in [0.25, 0.3) is 11.0 Å². The van der Waals surface area contributed by atoms with Crippen LogP contribution in [-0.2, 0) is 0 Å². The van der Waals surface area contributed by atoms with E-state index in [9.17, 15) is 4.79 Å². The van der Waals surface area contributed by atoms with Crippen molar-refractivity contribution in [3.63, 3.8) is 0 Å². The molecule has 1 aliphatic rings. The van der Waals surface area contributed by atoms with Gasteiger partial charge in [-0.1, -0.05) is 17.7 Å². The summed E-state index contributed by atoms with van der Waals surface area (Å²) in [6, 6.07) is 5.88. The van der Waals surface area contributed by atoms with Gasteiger partial charge >= 0.3 is 5.69 Å². The third-order valence-electron chi connectivity index (χ3n) is 4.04. The van der Waals surface area contributed by atoms with Gasteiger partial charge < -0.3 is 19.8 Å². The molecule has 3 heterocycles. The average Bonchev–Trinajstić information content (AvgIpc) is 2.96. The summed E-state index contributed by atoms with van der Waals surface area (Å²) in [6.07, 6.45) is 3.23. The average molecular weight is 331 g/mol. The molecule has 0 bridgehead atoms. The van der Waals surface area contributed by atoms with Gasteiger partial charge in [-0.15, -0.1) is 0 Å². The zero-order valence-corrected chi connectivity index (χ0v) is 13.0. The lowest BCUT2D eigenvalue weighted by atomic mass is 10.2. The van der Waals surface area contributed by atoms with Gasteiger partial charge in [0.2, 0.25) is 5.95 Å². The van der Waals surface area contributed by atoms with Crippen molar-refractivity contribution in [1.29, 1.82) is 0 Å². The highest BCUT2D eigenvalue weighted by Gasteiger charge is 2.21. The number of imidazole rings is 1. The highest BCUT2D eigenvalue weighted by molar-refractivity contribution is 6.30. The highest BCUT2D eigenvalue weighted by Crippen LogP contribution is 2.25. The third kappa shape index (κ3) is 2.63. The normalized spacial score (nSPS) is 15.3. The standard InChI is InChI=1S/C15H15ClN6O/c16-10-8-17-14(18-9-10)22-6-4-21(5-7-22)12-3-1-2-11-13(12)20-15(23)19-11/h1-3,8-9H,4-7H2,(H2,19,20,23). The number of fused-ring (bicyclic) bond motifs is 1. The van der Waals surface area contributed by atoms with Crippen LogP contribution in [-0.4, -0.2) is 46.1 Å². The van der Waals surface area contributed by atoms with E-state index < -0.39 is 0 Å². The Morgan fingerprint density at radius 3 is 2.43 bits per heavy atom. The molecule has 118 valence electrons. The molecule has 0 atom stereocenters. The van der Waals surface area contributed by atoms with Crippen molar-refractivity contribution in [3.05, 3.63) is 46.1 Å². The Morgan fingerprint density at radius 2 is 1.70 bits per heavy atom. The number of aromatic amines is 2. The SMILES string of the molecule is O=c1[nH]c2cccc(N3CCN(c4ncc(Cl)cn4)CC3)c2[nH]1. The fourth-order valence-electron chi connectivity index (χ4n) is 2.92. The fraction of sp³-hybridized carbons (Fsp3) is 0.267. The van der Waals surface area contributed by atoms with E-state index in [0.717, 1.165) is 42.9 Å². The van der Waals surface area contributed by atoms with Crippen molar-refractivity contribution >= 4 is 34.3 Å². The molecule has 2 N–H and O–H groups in total. The number of halogens is 1. The molecule has 0 aliphatic carbocycles. The number of nitrogens with one attached hydrogen (secondary N) is 2. The lowest BCUT2D eigenvalue weighted by Crippen LogP contribution is -2.47. The zero-order chi connectivity index (χ0) is 15.8. The number of piperazine rings is 1. The number of benzene rings is 1. The van der Waals surface area contributed by atoms with Crippen molar-refractivity contribution < 1.29 is 0 Å². The molecule has 7 nitrogen and oxygen atoms in total. The number of para-hydroxylation sites is 1. The largest absolute Gasteiger partial charge is 0.366 e. The van der Waals surface area contributed by atoms with E-state index >= 15 is 0 Å². The van der Waals surface area contributed by atoms with Gasteiger partial charge in [0.05, 0.1) is 34.1 Å². The Kier molecular flexibility index (Phi) is 3.42. The minimum Gasteiger partial charge on any atom is -0.366 e. The van der Waals surface area contributed by atoms with E-state index in [1.165, 1.54) is 0 Å². The van der Waals surface area contributed by atoms with Crippen molar-refractivity contribution in [1.82, 2.24) is 19.9 Å². The van der Waals surface area contributed by atoms with E-state index in [1.54, 1.807) is 12.4 Å². The lowest BCUT2D eigenvalue weighted by Gasteiger charge is -2.36. The van der Waals surface area contributed by atoms with Gasteiger partial charge in [-0.25, -0.2) is 14.8 Å². The summed E-state index contributed by atoms with van der Waals surface area (Å²) in [5.41, 5.74) is 2.54. The van der Waals surface area contributed by atoms with Crippen molar-refractivity contribution in [2.24, 2.45) is 0 Å². The third-order valence-corrected chi connectivity index (χ3v) is 4.23. The minimum absolute atomic E-state index is 0.180. The van der Waals surface area contributed by atoms with E-state index in [1.807, 2.05) is 18.2 Å². The van der Waals surface area contributed by atoms with Crippen LogP contribution in [0.1, 0.15) is 0 Å². The van der Waals surface area contributed by atoms with Crippen molar-refractivity contribution in [3.8, 4) is 0 Å². The predicted molar refractivity (Wildman–Crippen MR) is 90.4 cm³/mol. The minimum atomic E-state index is -0.180. The molecule has 0 saturated carbocycles.